The van der Waals surface area contributed by atoms with Gasteiger partial charge < -0.3 is 10.4 Å². The van der Waals surface area contributed by atoms with Gasteiger partial charge in [-0.05, 0) is 50.3 Å². The van der Waals surface area contributed by atoms with Crippen LogP contribution in [0.3, 0.4) is 0 Å². The van der Waals surface area contributed by atoms with Gasteiger partial charge in [0.25, 0.3) is 0 Å². The van der Waals surface area contributed by atoms with Crippen molar-refractivity contribution in [2.75, 3.05) is 17.7 Å². The van der Waals surface area contributed by atoms with Crippen LogP contribution in [0.15, 0.2) is 28.0 Å². The Kier molecular flexibility index (Phi) is 5.78. The molecule has 2 N–H and O–H groups in total. The van der Waals surface area contributed by atoms with E-state index in [1.807, 2.05) is 32.0 Å². The lowest BCUT2D eigenvalue weighted by atomic mass is 10.1. The molecule has 6 nitrogen and oxygen atoms in total. The Balaban J connectivity index is 1.73. The minimum Gasteiger partial charge on any atom is -0.395 e. The Bertz CT molecular complexity index is 892. The Morgan fingerprint density at radius 2 is 2.15 bits per heavy atom. The molecule has 0 saturated heterocycles. The molecule has 2 aromatic rings. The summed E-state index contributed by atoms with van der Waals surface area (Å²) in [4.78, 5) is 28.7. The standard InChI is InChI=1S/C19H23N3O3S/c1-12-5-3-7-15(13(12)2)20-17(24)11-26-18-14-6-4-8-16(14)22(9-10-23)19(25)21-18/h3,5,7,23H,4,6,8-11H2,1-2H3,(H,20,24). The number of carbonyl (C=O) groups is 1. The maximum absolute atomic E-state index is 12.3. The average Bonchev–Trinajstić information content (AvgIpc) is 3.10. The van der Waals surface area contributed by atoms with Crippen LogP contribution in [0.5, 0.6) is 0 Å². The fourth-order valence-electron chi connectivity index (χ4n) is 3.24. The van der Waals surface area contributed by atoms with Crippen molar-refractivity contribution in [3.8, 4) is 0 Å². The minimum absolute atomic E-state index is 0.0846. The van der Waals surface area contributed by atoms with E-state index in [4.69, 9.17) is 5.11 Å². The third-order valence-corrected chi connectivity index (χ3v) is 5.76. The molecule has 1 aromatic carbocycles. The van der Waals surface area contributed by atoms with Gasteiger partial charge >= 0.3 is 5.69 Å². The summed E-state index contributed by atoms with van der Waals surface area (Å²) in [7, 11) is 0. The number of fused-ring (bicyclic) bond motifs is 1. The van der Waals surface area contributed by atoms with Crippen molar-refractivity contribution in [3.05, 3.63) is 51.1 Å². The van der Waals surface area contributed by atoms with Crippen LogP contribution in [-0.4, -0.2) is 32.9 Å². The summed E-state index contributed by atoms with van der Waals surface area (Å²) in [5, 5.41) is 12.7. The van der Waals surface area contributed by atoms with Gasteiger partial charge in [-0.1, -0.05) is 23.9 Å². The Morgan fingerprint density at radius 1 is 1.35 bits per heavy atom. The molecule has 0 aliphatic heterocycles. The molecule has 26 heavy (non-hydrogen) atoms. The largest absolute Gasteiger partial charge is 0.395 e. The van der Waals surface area contributed by atoms with Crippen molar-refractivity contribution >= 4 is 23.4 Å². The van der Waals surface area contributed by atoms with Crippen molar-refractivity contribution in [2.24, 2.45) is 0 Å². The summed E-state index contributed by atoms with van der Waals surface area (Å²) in [6, 6.07) is 5.81. The number of amides is 1. The van der Waals surface area contributed by atoms with Crippen molar-refractivity contribution in [1.82, 2.24) is 9.55 Å². The molecule has 0 radical (unpaired) electrons. The molecule has 1 aromatic heterocycles. The molecule has 0 unspecified atom stereocenters. The SMILES string of the molecule is Cc1cccc(NC(=O)CSc2nc(=O)n(CCO)c3c2CCC3)c1C. The lowest BCUT2D eigenvalue weighted by molar-refractivity contribution is -0.113. The molecule has 3 rings (SSSR count). The first-order valence-electron chi connectivity index (χ1n) is 8.73. The number of anilines is 1. The quantitative estimate of drug-likeness (QED) is 0.598. The van der Waals surface area contributed by atoms with E-state index in [2.05, 4.69) is 10.3 Å². The molecular formula is C19H23N3O3S. The lowest BCUT2D eigenvalue weighted by Crippen LogP contribution is -2.28. The number of carbonyl (C=O) groups excluding carboxylic acids is 1. The van der Waals surface area contributed by atoms with Crippen LogP contribution in [-0.2, 0) is 24.2 Å². The first kappa shape index (κ1) is 18.7. The monoisotopic (exact) mass is 373 g/mol. The molecule has 7 heteroatoms. The van der Waals surface area contributed by atoms with E-state index in [1.165, 1.54) is 11.8 Å². The van der Waals surface area contributed by atoms with Gasteiger partial charge in [0.2, 0.25) is 5.91 Å². The van der Waals surface area contributed by atoms with E-state index in [1.54, 1.807) is 4.57 Å². The molecule has 0 fully saturated rings. The third kappa shape index (κ3) is 3.83. The number of nitrogens with zero attached hydrogens (tertiary/aromatic N) is 2. The first-order valence-corrected chi connectivity index (χ1v) is 9.72. The zero-order valence-corrected chi connectivity index (χ0v) is 15.9. The average molecular weight is 373 g/mol. The van der Waals surface area contributed by atoms with E-state index >= 15 is 0 Å². The summed E-state index contributed by atoms with van der Waals surface area (Å²) in [6.45, 7) is 4.17. The Hall–Kier alpha value is -2.12. The number of nitrogens with one attached hydrogen (secondary N) is 1. The summed E-state index contributed by atoms with van der Waals surface area (Å²) in [6.07, 6.45) is 2.64. The zero-order valence-electron chi connectivity index (χ0n) is 15.0. The maximum Gasteiger partial charge on any atom is 0.348 e. The number of hydrogen-bond donors (Lipinski definition) is 2. The van der Waals surface area contributed by atoms with Gasteiger partial charge in [-0.15, -0.1) is 0 Å². The third-order valence-electron chi connectivity index (χ3n) is 4.74. The van der Waals surface area contributed by atoms with E-state index in [-0.39, 0.29) is 30.5 Å². The normalized spacial score (nSPS) is 12.9. The van der Waals surface area contributed by atoms with E-state index in [0.717, 1.165) is 47.3 Å². The molecule has 0 atom stereocenters. The fourth-order valence-corrected chi connectivity index (χ4v) is 4.12. The Morgan fingerprint density at radius 3 is 2.92 bits per heavy atom. The highest BCUT2D eigenvalue weighted by atomic mass is 32.2. The number of aliphatic hydroxyl groups is 1. The number of aryl methyl sites for hydroxylation is 1. The summed E-state index contributed by atoms with van der Waals surface area (Å²) in [5.41, 5.74) is 4.64. The predicted molar refractivity (Wildman–Crippen MR) is 103 cm³/mol. The van der Waals surface area contributed by atoms with Gasteiger partial charge in [-0.2, -0.15) is 4.98 Å². The van der Waals surface area contributed by atoms with Crippen molar-refractivity contribution in [1.29, 1.82) is 0 Å². The molecule has 1 aliphatic rings. The summed E-state index contributed by atoms with van der Waals surface area (Å²) >= 11 is 1.31. The van der Waals surface area contributed by atoms with Gasteiger partial charge in [-0.25, -0.2) is 4.79 Å². The fraction of sp³-hybridized carbons (Fsp3) is 0.421. The van der Waals surface area contributed by atoms with Crippen LogP contribution >= 0.6 is 11.8 Å². The van der Waals surface area contributed by atoms with Crippen molar-refractivity contribution < 1.29 is 9.90 Å². The topological polar surface area (TPSA) is 84.2 Å². The number of aliphatic hydroxyl groups excluding tert-OH is 1. The van der Waals surface area contributed by atoms with Gasteiger partial charge in [0, 0.05) is 16.9 Å². The van der Waals surface area contributed by atoms with Crippen LogP contribution in [0, 0.1) is 13.8 Å². The minimum atomic E-state index is -0.350. The van der Waals surface area contributed by atoms with Crippen molar-refractivity contribution in [2.45, 2.75) is 44.7 Å². The second-order valence-corrected chi connectivity index (χ2v) is 7.40. The van der Waals surface area contributed by atoms with Crippen LogP contribution in [0.1, 0.15) is 28.8 Å². The van der Waals surface area contributed by atoms with Crippen LogP contribution < -0.4 is 11.0 Å². The van der Waals surface area contributed by atoms with Crippen LogP contribution in [0.4, 0.5) is 5.69 Å². The van der Waals surface area contributed by atoms with E-state index in [0.29, 0.717) is 5.03 Å². The molecule has 0 bridgehead atoms. The summed E-state index contributed by atoms with van der Waals surface area (Å²) < 4.78 is 1.56. The van der Waals surface area contributed by atoms with Gasteiger partial charge in [0.15, 0.2) is 0 Å². The number of hydrogen-bond acceptors (Lipinski definition) is 5. The second-order valence-electron chi connectivity index (χ2n) is 6.44. The number of rotatable bonds is 6. The highest BCUT2D eigenvalue weighted by Gasteiger charge is 2.22. The first-order chi connectivity index (χ1) is 12.5. The molecule has 1 aliphatic carbocycles. The lowest BCUT2D eigenvalue weighted by Gasteiger charge is -2.13. The second kappa shape index (κ2) is 8.05. The van der Waals surface area contributed by atoms with Gasteiger partial charge in [-0.3, -0.25) is 9.36 Å². The number of benzene rings is 1. The predicted octanol–water partition coefficient (Wildman–Crippen LogP) is 2.07. The zero-order chi connectivity index (χ0) is 18.7. The number of thioether (sulfide) groups is 1. The number of aromatic nitrogens is 2. The highest BCUT2D eigenvalue weighted by Crippen LogP contribution is 2.29. The van der Waals surface area contributed by atoms with Gasteiger partial charge in [0.05, 0.1) is 18.9 Å². The van der Waals surface area contributed by atoms with E-state index < -0.39 is 0 Å². The van der Waals surface area contributed by atoms with Gasteiger partial charge in [0.1, 0.15) is 5.03 Å². The summed E-state index contributed by atoms with van der Waals surface area (Å²) in [5.74, 6) is 0.0905. The molecule has 0 spiro atoms. The molecule has 1 heterocycles. The smallest absolute Gasteiger partial charge is 0.348 e. The van der Waals surface area contributed by atoms with Crippen molar-refractivity contribution in [3.63, 3.8) is 0 Å². The van der Waals surface area contributed by atoms with Crippen LogP contribution in [0.2, 0.25) is 0 Å². The molecular weight excluding hydrogens is 350 g/mol. The molecule has 1 amide bonds. The Labute approximate surface area is 156 Å². The maximum atomic E-state index is 12.3. The van der Waals surface area contributed by atoms with E-state index in [9.17, 15) is 9.59 Å². The molecule has 0 saturated carbocycles. The molecule has 138 valence electrons. The highest BCUT2D eigenvalue weighted by molar-refractivity contribution is 8.00. The van der Waals surface area contributed by atoms with Crippen LogP contribution in [0.25, 0.3) is 0 Å².